The Hall–Kier alpha value is -2.15. The molecule has 1 aliphatic rings. The van der Waals surface area contributed by atoms with Crippen molar-refractivity contribution in [3.8, 4) is 5.75 Å². The minimum Gasteiger partial charge on any atom is -0.481 e. The van der Waals surface area contributed by atoms with Crippen molar-refractivity contribution in [3.05, 3.63) is 24.0 Å². The van der Waals surface area contributed by atoms with E-state index in [1.165, 1.54) is 12.3 Å². The molecule has 0 spiro atoms. The van der Waals surface area contributed by atoms with Crippen LogP contribution in [0.15, 0.2) is 18.3 Å². The van der Waals surface area contributed by atoms with Gasteiger partial charge in [0.05, 0.1) is 12.2 Å². The highest BCUT2D eigenvalue weighted by Gasteiger charge is 2.26. The molecule has 1 saturated heterocycles. The molecule has 7 heteroatoms. The molecule has 21 heavy (non-hydrogen) atoms. The number of carboxylic acids is 1. The number of pyridine rings is 1. The van der Waals surface area contributed by atoms with Gasteiger partial charge in [0.2, 0.25) is 0 Å². The molecule has 2 unspecified atom stereocenters. The molecule has 0 aliphatic carbocycles. The number of hydrogen-bond donors (Lipinski definition) is 1. The molecule has 1 aromatic rings. The zero-order valence-corrected chi connectivity index (χ0v) is 12.0. The van der Waals surface area contributed by atoms with Gasteiger partial charge >= 0.3 is 5.97 Å². The summed E-state index contributed by atoms with van der Waals surface area (Å²) in [6, 6.07) is 3.04. The van der Waals surface area contributed by atoms with Crippen molar-refractivity contribution in [2.24, 2.45) is 0 Å². The predicted molar refractivity (Wildman–Crippen MR) is 73.3 cm³/mol. The smallest absolute Gasteiger partial charge is 0.358 e. The summed E-state index contributed by atoms with van der Waals surface area (Å²) in [5, 5.41) is 8.99. The van der Waals surface area contributed by atoms with E-state index in [0.29, 0.717) is 13.1 Å². The van der Waals surface area contributed by atoms with Gasteiger partial charge in [-0.15, -0.1) is 0 Å². The van der Waals surface area contributed by atoms with Gasteiger partial charge in [0.25, 0.3) is 5.91 Å². The summed E-state index contributed by atoms with van der Waals surface area (Å²) in [6.07, 6.45) is 1.32. The van der Waals surface area contributed by atoms with Gasteiger partial charge in [-0.1, -0.05) is 0 Å². The SMILES string of the molecule is CC1CN(C(=O)COc2cccnc2C(=O)O)CC(C)O1. The third-order valence-corrected chi connectivity index (χ3v) is 3.10. The van der Waals surface area contributed by atoms with Crippen LogP contribution >= 0.6 is 0 Å². The Morgan fingerprint density at radius 2 is 2.10 bits per heavy atom. The third kappa shape index (κ3) is 3.91. The molecule has 1 amide bonds. The topological polar surface area (TPSA) is 89.0 Å². The number of morpholine rings is 1. The van der Waals surface area contributed by atoms with Gasteiger partial charge in [0, 0.05) is 19.3 Å². The summed E-state index contributed by atoms with van der Waals surface area (Å²) in [7, 11) is 0. The van der Waals surface area contributed by atoms with Crippen molar-refractivity contribution in [2.75, 3.05) is 19.7 Å². The van der Waals surface area contributed by atoms with Crippen molar-refractivity contribution in [1.29, 1.82) is 0 Å². The summed E-state index contributed by atoms with van der Waals surface area (Å²) in [4.78, 5) is 28.5. The van der Waals surface area contributed by atoms with Crippen LogP contribution in [0.4, 0.5) is 0 Å². The van der Waals surface area contributed by atoms with Gasteiger partial charge in [-0.2, -0.15) is 0 Å². The molecule has 2 atom stereocenters. The molecule has 1 aromatic heterocycles. The van der Waals surface area contributed by atoms with Crippen LogP contribution in [0, 0.1) is 0 Å². The molecule has 1 fully saturated rings. The Bertz CT molecular complexity index is 524. The highest BCUT2D eigenvalue weighted by atomic mass is 16.5. The van der Waals surface area contributed by atoms with E-state index in [0.717, 1.165) is 0 Å². The van der Waals surface area contributed by atoms with E-state index in [1.807, 2.05) is 13.8 Å². The van der Waals surface area contributed by atoms with E-state index < -0.39 is 5.97 Å². The van der Waals surface area contributed by atoms with Crippen LogP contribution in [0.1, 0.15) is 24.3 Å². The molecular weight excluding hydrogens is 276 g/mol. The predicted octanol–water partition coefficient (Wildman–Crippen LogP) is 0.794. The summed E-state index contributed by atoms with van der Waals surface area (Å²) < 4.78 is 10.9. The fraction of sp³-hybridized carbons (Fsp3) is 0.500. The number of rotatable bonds is 4. The highest BCUT2D eigenvalue weighted by molar-refractivity contribution is 5.88. The zero-order chi connectivity index (χ0) is 15.4. The van der Waals surface area contributed by atoms with E-state index in [9.17, 15) is 9.59 Å². The second kappa shape index (κ2) is 6.53. The number of carboxylic acid groups (broad SMARTS) is 1. The fourth-order valence-corrected chi connectivity index (χ4v) is 2.28. The molecule has 114 valence electrons. The number of carbonyl (C=O) groups is 2. The van der Waals surface area contributed by atoms with Gasteiger partial charge in [0.15, 0.2) is 18.1 Å². The molecule has 7 nitrogen and oxygen atoms in total. The second-order valence-corrected chi connectivity index (χ2v) is 5.00. The van der Waals surface area contributed by atoms with Crippen molar-refractivity contribution >= 4 is 11.9 Å². The molecule has 0 aromatic carbocycles. The van der Waals surface area contributed by atoms with E-state index in [4.69, 9.17) is 14.6 Å². The van der Waals surface area contributed by atoms with E-state index >= 15 is 0 Å². The van der Waals surface area contributed by atoms with Gasteiger partial charge < -0.3 is 19.5 Å². The number of carbonyl (C=O) groups excluding carboxylic acids is 1. The summed E-state index contributed by atoms with van der Waals surface area (Å²) in [5.41, 5.74) is -0.200. The van der Waals surface area contributed by atoms with Crippen molar-refractivity contribution < 1.29 is 24.2 Å². The van der Waals surface area contributed by atoms with Gasteiger partial charge in [-0.3, -0.25) is 4.79 Å². The average molecular weight is 294 g/mol. The monoisotopic (exact) mass is 294 g/mol. The van der Waals surface area contributed by atoms with Crippen LogP contribution in [-0.4, -0.2) is 58.8 Å². The first-order valence-electron chi connectivity index (χ1n) is 6.71. The molecule has 2 rings (SSSR count). The molecule has 2 heterocycles. The van der Waals surface area contributed by atoms with E-state index in [1.54, 1.807) is 11.0 Å². The first kappa shape index (κ1) is 15.2. The zero-order valence-electron chi connectivity index (χ0n) is 12.0. The van der Waals surface area contributed by atoms with Crippen LogP contribution in [-0.2, 0) is 9.53 Å². The highest BCUT2D eigenvalue weighted by Crippen LogP contribution is 2.16. The van der Waals surface area contributed by atoms with Gasteiger partial charge in [0.1, 0.15) is 0 Å². The molecule has 1 N–H and O–H groups in total. The van der Waals surface area contributed by atoms with Crippen LogP contribution < -0.4 is 4.74 Å². The molecule has 0 bridgehead atoms. The van der Waals surface area contributed by atoms with E-state index in [2.05, 4.69) is 4.98 Å². The maximum atomic E-state index is 12.1. The maximum absolute atomic E-state index is 12.1. The Morgan fingerprint density at radius 3 is 2.71 bits per heavy atom. The Balaban J connectivity index is 1.97. The Labute approximate surface area is 122 Å². The number of hydrogen-bond acceptors (Lipinski definition) is 5. The number of ether oxygens (including phenoxy) is 2. The lowest BCUT2D eigenvalue weighted by atomic mass is 10.2. The summed E-state index contributed by atoms with van der Waals surface area (Å²) >= 11 is 0. The van der Waals surface area contributed by atoms with Crippen LogP contribution in [0.2, 0.25) is 0 Å². The van der Waals surface area contributed by atoms with Crippen molar-refractivity contribution in [2.45, 2.75) is 26.1 Å². The fourth-order valence-electron chi connectivity index (χ4n) is 2.28. The minimum absolute atomic E-state index is 0.0225. The number of aromatic carboxylic acids is 1. The number of aromatic nitrogens is 1. The largest absolute Gasteiger partial charge is 0.481 e. The lowest BCUT2D eigenvalue weighted by molar-refractivity contribution is -0.145. The van der Waals surface area contributed by atoms with Crippen LogP contribution in [0.25, 0.3) is 0 Å². The Morgan fingerprint density at radius 1 is 1.43 bits per heavy atom. The standard InChI is InChI=1S/C14H18N2O5/c1-9-6-16(7-10(2)21-9)12(17)8-20-11-4-3-5-15-13(11)14(18)19/h3-5,9-10H,6-8H2,1-2H3,(H,18,19). The van der Waals surface area contributed by atoms with Crippen molar-refractivity contribution in [3.63, 3.8) is 0 Å². The third-order valence-electron chi connectivity index (χ3n) is 3.10. The second-order valence-electron chi connectivity index (χ2n) is 5.00. The molecule has 0 saturated carbocycles. The van der Waals surface area contributed by atoms with Crippen LogP contribution in [0.3, 0.4) is 0 Å². The summed E-state index contributed by atoms with van der Waals surface area (Å²) in [6.45, 7) is 4.60. The lowest BCUT2D eigenvalue weighted by Gasteiger charge is -2.35. The minimum atomic E-state index is -1.19. The molecule has 1 aliphatic heterocycles. The number of nitrogens with zero attached hydrogens (tertiary/aromatic N) is 2. The normalized spacial score (nSPS) is 21.9. The van der Waals surface area contributed by atoms with E-state index in [-0.39, 0.29) is 36.2 Å². The quantitative estimate of drug-likeness (QED) is 0.883. The van der Waals surface area contributed by atoms with Crippen LogP contribution in [0.5, 0.6) is 5.75 Å². The molecular formula is C14H18N2O5. The maximum Gasteiger partial charge on any atom is 0.358 e. The first-order chi connectivity index (χ1) is 9.97. The van der Waals surface area contributed by atoms with Gasteiger partial charge in [-0.25, -0.2) is 9.78 Å². The van der Waals surface area contributed by atoms with Crippen molar-refractivity contribution in [1.82, 2.24) is 9.88 Å². The first-order valence-corrected chi connectivity index (χ1v) is 6.71. The number of amides is 1. The molecule has 0 radical (unpaired) electrons. The Kier molecular flexibility index (Phi) is 4.74. The van der Waals surface area contributed by atoms with Gasteiger partial charge in [-0.05, 0) is 26.0 Å². The lowest BCUT2D eigenvalue weighted by Crippen LogP contribution is -2.49. The summed E-state index contributed by atoms with van der Waals surface area (Å²) in [5.74, 6) is -1.29. The average Bonchev–Trinajstić information content (AvgIpc) is 2.43.